The van der Waals surface area contributed by atoms with Gasteiger partial charge in [0.25, 0.3) is 0 Å². The third kappa shape index (κ3) is 5.21. The van der Waals surface area contributed by atoms with Gasteiger partial charge in [-0.3, -0.25) is 0 Å². The van der Waals surface area contributed by atoms with Gasteiger partial charge in [0, 0.05) is 38.2 Å². The van der Waals surface area contributed by atoms with Crippen LogP contribution in [0.1, 0.15) is 0 Å². The second-order valence-electron chi connectivity index (χ2n) is 14.0. The molecule has 0 amide bonds. The summed E-state index contributed by atoms with van der Waals surface area (Å²) in [4.78, 5) is 15.5. The number of hydrogen-bond acceptors (Lipinski definition) is 4. The second-order valence-corrected chi connectivity index (χ2v) is 14.0. The lowest BCUT2D eigenvalue weighted by Crippen LogP contribution is -2.00. The Morgan fingerprint density at radius 3 is 1.48 bits per heavy atom. The van der Waals surface area contributed by atoms with E-state index in [1.807, 2.05) is 48.5 Å². The van der Waals surface area contributed by atoms with Crippen LogP contribution in [0.15, 0.2) is 199 Å². The maximum absolute atomic E-state index is 7.02. The molecule has 0 saturated heterocycles. The Balaban J connectivity index is 1.19. The molecule has 5 heteroatoms. The molecule has 11 rings (SSSR count). The predicted octanol–water partition coefficient (Wildman–Crippen LogP) is 13.2. The molecule has 0 radical (unpaired) electrons. The molecular formula is C51H32N4O. The summed E-state index contributed by atoms with van der Waals surface area (Å²) in [6.45, 7) is 0. The fraction of sp³-hybridized carbons (Fsp3) is 0. The van der Waals surface area contributed by atoms with E-state index in [0.717, 1.165) is 77.6 Å². The summed E-state index contributed by atoms with van der Waals surface area (Å²) < 4.78 is 9.35. The third-order valence-corrected chi connectivity index (χ3v) is 10.7. The molecule has 11 aromatic rings. The number of hydrogen-bond donors (Lipinski definition) is 0. The van der Waals surface area contributed by atoms with Crippen molar-refractivity contribution in [2.24, 2.45) is 0 Å². The summed E-state index contributed by atoms with van der Waals surface area (Å²) in [5, 5.41) is 4.36. The van der Waals surface area contributed by atoms with E-state index in [2.05, 4.69) is 150 Å². The minimum Gasteiger partial charge on any atom is -0.454 e. The molecular weight excluding hydrogens is 685 g/mol. The van der Waals surface area contributed by atoms with Crippen molar-refractivity contribution in [1.29, 1.82) is 0 Å². The normalized spacial score (nSPS) is 11.6. The van der Waals surface area contributed by atoms with Crippen molar-refractivity contribution in [2.45, 2.75) is 0 Å². The lowest BCUT2D eigenvalue weighted by atomic mass is 9.96. The predicted molar refractivity (Wildman–Crippen MR) is 229 cm³/mol. The molecule has 0 atom stereocenters. The molecule has 56 heavy (non-hydrogen) atoms. The highest BCUT2D eigenvalue weighted by atomic mass is 16.3. The SMILES string of the molecule is c1ccc(-c2ccc(-c3nc(-c4ccccc4)nc(-c4cccc5oc6c(-n7c8ccccc8c8ccccc87)ccc(-c7ccccc7)c6c45)n3)cc2)cc1. The van der Waals surface area contributed by atoms with E-state index in [9.17, 15) is 0 Å². The fourth-order valence-corrected chi connectivity index (χ4v) is 8.09. The van der Waals surface area contributed by atoms with Gasteiger partial charge in [0.2, 0.25) is 0 Å². The number of rotatable bonds is 6. The Hall–Kier alpha value is -7.63. The molecule has 0 spiro atoms. The monoisotopic (exact) mass is 716 g/mol. The van der Waals surface area contributed by atoms with Gasteiger partial charge >= 0.3 is 0 Å². The Bertz CT molecular complexity index is 3170. The van der Waals surface area contributed by atoms with Gasteiger partial charge in [0.1, 0.15) is 5.58 Å². The number of furan rings is 1. The van der Waals surface area contributed by atoms with E-state index in [1.165, 1.54) is 10.8 Å². The average molecular weight is 717 g/mol. The van der Waals surface area contributed by atoms with Crippen molar-refractivity contribution >= 4 is 43.7 Å². The van der Waals surface area contributed by atoms with Gasteiger partial charge in [-0.25, -0.2) is 15.0 Å². The van der Waals surface area contributed by atoms with Gasteiger partial charge in [-0.15, -0.1) is 0 Å². The zero-order valence-corrected chi connectivity index (χ0v) is 30.2. The first kappa shape index (κ1) is 31.9. The first-order valence-corrected chi connectivity index (χ1v) is 18.8. The van der Waals surface area contributed by atoms with E-state index in [4.69, 9.17) is 19.4 Å². The number of fused-ring (bicyclic) bond motifs is 6. The molecule has 0 unspecified atom stereocenters. The highest BCUT2D eigenvalue weighted by molar-refractivity contribution is 6.20. The summed E-state index contributed by atoms with van der Waals surface area (Å²) in [5.74, 6) is 1.79. The molecule has 3 heterocycles. The Morgan fingerprint density at radius 1 is 0.339 bits per heavy atom. The van der Waals surface area contributed by atoms with Gasteiger partial charge in [0.15, 0.2) is 23.1 Å². The average Bonchev–Trinajstić information content (AvgIpc) is 3.84. The first-order valence-electron chi connectivity index (χ1n) is 18.8. The number of aromatic nitrogens is 4. The zero-order chi connectivity index (χ0) is 37.0. The van der Waals surface area contributed by atoms with E-state index in [0.29, 0.717) is 17.5 Å². The smallest absolute Gasteiger partial charge is 0.164 e. The summed E-state index contributed by atoms with van der Waals surface area (Å²) >= 11 is 0. The summed E-state index contributed by atoms with van der Waals surface area (Å²) in [5.41, 5.74) is 11.9. The van der Waals surface area contributed by atoms with Crippen LogP contribution in [0.2, 0.25) is 0 Å². The molecule has 0 aliphatic rings. The Kier molecular flexibility index (Phi) is 7.42. The maximum Gasteiger partial charge on any atom is 0.164 e. The molecule has 0 aliphatic carbocycles. The molecule has 0 aliphatic heterocycles. The lowest BCUT2D eigenvalue weighted by molar-refractivity contribution is 0.666. The van der Waals surface area contributed by atoms with Crippen LogP contribution < -0.4 is 0 Å². The third-order valence-electron chi connectivity index (χ3n) is 10.7. The lowest BCUT2D eigenvalue weighted by Gasteiger charge is -2.12. The van der Waals surface area contributed by atoms with Gasteiger partial charge in [-0.1, -0.05) is 170 Å². The highest BCUT2D eigenvalue weighted by Gasteiger charge is 2.24. The Morgan fingerprint density at radius 2 is 0.839 bits per heavy atom. The largest absolute Gasteiger partial charge is 0.454 e. The molecule has 0 bridgehead atoms. The Labute approximate surface area is 322 Å². The van der Waals surface area contributed by atoms with Crippen LogP contribution in [0.25, 0.3) is 106 Å². The van der Waals surface area contributed by atoms with Crippen LogP contribution in [0.4, 0.5) is 0 Å². The molecule has 5 nitrogen and oxygen atoms in total. The van der Waals surface area contributed by atoms with Gasteiger partial charge in [-0.2, -0.15) is 0 Å². The molecule has 262 valence electrons. The number of para-hydroxylation sites is 2. The van der Waals surface area contributed by atoms with E-state index in [-0.39, 0.29) is 0 Å². The molecule has 0 saturated carbocycles. The van der Waals surface area contributed by atoms with Crippen molar-refractivity contribution < 1.29 is 4.42 Å². The van der Waals surface area contributed by atoms with E-state index >= 15 is 0 Å². The quantitative estimate of drug-likeness (QED) is 0.172. The van der Waals surface area contributed by atoms with Crippen molar-refractivity contribution in [2.75, 3.05) is 0 Å². The first-order chi connectivity index (χ1) is 27.8. The van der Waals surface area contributed by atoms with Gasteiger partial charge < -0.3 is 8.98 Å². The topological polar surface area (TPSA) is 56.7 Å². The molecule has 8 aromatic carbocycles. The second kappa shape index (κ2) is 13.0. The van der Waals surface area contributed by atoms with Crippen molar-refractivity contribution in [3.8, 4) is 62.1 Å². The minimum absolute atomic E-state index is 0.579. The van der Waals surface area contributed by atoms with E-state index in [1.54, 1.807) is 0 Å². The van der Waals surface area contributed by atoms with Crippen LogP contribution in [0.3, 0.4) is 0 Å². The van der Waals surface area contributed by atoms with Crippen LogP contribution >= 0.6 is 0 Å². The van der Waals surface area contributed by atoms with Crippen molar-refractivity contribution in [3.63, 3.8) is 0 Å². The van der Waals surface area contributed by atoms with Crippen LogP contribution in [0.5, 0.6) is 0 Å². The van der Waals surface area contributed by atoms with Crippen LogP contribution in [-0.2, 0) is 0 Å². The van der Waals surface area contributed by atoms with Crippen LogP contribution in [-0.4, -0.2) is 19.5 Å². The maximum atomic E-state index is 7.02. The minimum atomic E-state index is 0.579. The molecule has 0 N–H and O–H groups in total. The van der Waals surface area contributed by atoms with Gasteiger partial charge in [0.05, 0.1) is 16.7 Å². The highest BCUT2D eigenvalue weighted by Crippen LogP contribution is 2.45. The number of benzene rings is 8. The van der Waals surface area contributed by atoms with E-state index < -0.39 is 0 Å². The standard InChI is InChI=1S/C51H32N4O/c1-4-15-33(16-5-1)34-27-29-37(30-28-34)50-52-49(36-19-8-3-9-20-36)53-51(54-50)41-23-14-26-45-46(41)47-38(35-17-6-2-7-18-35)31-32-44(48(47)56-45)55-42-24-12-10-21-39(42)40-22-11-13-25-43(40)55/h1-32H. The molecule has 0 fully saturated rings. The van der Waals surface area contributed by atoms with Crippen molar-refractivity contribution in [1.82, 2.24) is 19.5 Å². The summed E-state index contributed by atoms with van der Waals surface area (Å²) in [6, 6.07) is 67.2. The summed E-state index contributed by atoms with van der Waals surface area (Å²) in [6.07, 6.45) is 0. The van der Waals surface area contributed by atoms with Crippen LogP contribution in [0, 0.1) is 0 Å². The molecule has 3 aromatic heterocycles. The van der Waals surface area contributed by atoms with Crippen molar-refractivity contribution in [3.05, 3.63) is 194 Å². The fourth-order valence-electron chi connectivity index (χ4n) is 8.09. The summed E-state index contributed by atoms with van der Waals surface area (Å²) in [7, 11) is 0. The van der Waals surface area contributed by atoms with Gasteiger partial charge in [-0.05, 0) is 46.5 Å². The zero-order valence-electron chi connectivity index (χ0n) is 30.2. The number of nitrogens with zero attached hydrogens (tertiary/aromatic N) is 4.